The van der Waals surface area contributed by atoms with E-state index < -0.39 is 11.0 Å². The number of anilines is 1. The Morgan fingerprint density at radius 3 is 2.74 bits per heavy atom. The van der Waals surface area contributed by atoms with E-state index >= 15 is 0 Å². The molecule has 1 aromatic carbocycles. The van der Waals surface area contributed by atoms with Gasteiger partial charge in [0.25, 0.3) is 11.6 Å². The smallest absolute Gasteiger partial charge is 0.270 e. The van der Waals surface area contributed by atoms with E-state index in [9.17, 15) is 20.0 Å². The lowest BCUT2D eigenvalue weighted by Gasteiger charge is -2.21. The molecule has 0 radical (unpaired) electrons. The zero-order valence-electron chi connectivity index (χ0n) is 13.3. The molecule has 1 aliphatic rings. The maximum absolute atomic E-state index is 12.4. The van der Waals surface area contributed by atoms with Crippen molar-refractivity contribution in [2.24, 2.45) is 0 Å². The van der Waals surface area contributed by atoms with E-state index in [-0.39, 0.29) is 11.6 Å². The Morgan fingerprint density at radius 2 is 2.13 bits per heavy atom. The molecule has 1 aliphatic heterocycles. The molecule has 23 heavy (non-hydrogen) atoms. The molecule has 0 saturated carbocycles. The van der Waals surface area contributed by atoms with Crippen molar-refractivity contribution in [3.63, 3.8) is 0 Å². The van der Waals surface area contributed by atoms with Crippen LogP contribution in [0, 0.1) is 10.1 Å². The summed E-state index contributed by atoms with van der Waals surface area (Å²) in [5.41, 5.74) is 0.973. The number of non-ortho nitro benzene ring substituents is 1. The lowest BCUT2D eigenvalue weighted by molar-refractivity contribution is -0.384. The summed E-state index contributed by atoms with van der Waals surface area (Å²) < 4.78 is 0. The van der Waals surface area contributed by atoms with Crippen molar-refractivity contribution in [1.82, 2.24) is 5.32 Å². The molecule has 1 aromatic rings. The summed E-state index contributed by atoms with van der Waals surface area (Å²) in [6, 6.07) is 4.42. The van der Waals surface area contributed by atoms with Crippen molar-refractivity contribution >= 4 is 17.3 Å². The third kappa shape index (κ3) is 4.41. The summed E-state index contributed by atoms with van der Waals surface area (Å²) >= 11 is 0. The predicted molar refractivity (Wildman–Crippen MR) is 87.8 cm³/mol. The van der Waals surface area contributed by atoms with E-state index in [0.29, 0.717) is 24.9 Å². The Bertz CT molecular complexity index is 570. The highest BCUT2D eigenvalue weighted by atomic mass is 16.6. The van der Waals surface area contributed by atoms with Gasteiger partial charge in [0.15, 0.2) is 0 Å². The van der Waals surface area contributed by atoms with E-state index in [1.807, 2.05) is 6.92 Å². The van der Waals surface area contributed by atoms with Gasteiger partial charge in [-0.2, -0.15) is 0 Å². The van der Waals surface area contributed by atoms with Crippen LogP contribution in [0.1, 0.15) is 43.0 Å². The van der Waals surface area contributed by atoms with Crippen LogP contribution in [0.5, 0.6) is 0 Å². The molecular formula is C16H23N3O4. The second kappa shape index (κ2) is 7.92. The molecule has 7 heteroatoms. The Hall–Kier alpha value is -2.15. The number of nitro benzene ring substituents is 1. The van der Waals surface area contributed by atoms with Crippen LogP contribution in [0.15, 0.2) is 18.2 Å². The predicted octanol–water partition coefficient (Wildman–Crippen LogP) is 2.09. The number of nitro groups is 1. The number of carbonyl (C=O) groups is 1. The second-order valence-corrected chi connectivity index (χ2v) is 5.76. The van der Waals surface area contributed by atoms with Crippen LogP contribution in [0.3, 0.4) is 0 Å². The standard InChI is InChI=1S/C16H23N3O4/c1-2-13(20)7-8-17-16(21)14-11-12(19(22)23)5-6-15(14)18-9-3-4-10-18/h5-6,11,13,20H,2-4,7-10H2,1H3,(H,17,21). The van der Waals surface area contributed by atoms with E-state index in [0.717, 1.165) is 31.6 Å². The Kier molecular flexibility index (Phi) is 5.92. The topological polar surface area (TPSA) is 95.7 Å². The number of amides is 1. The van der Waals surface area contributed by atoms with Crippen LogP contribution in [0.2, 0.25) is 0 Å². The van der Waals surface area contributed by atoms with Crippen LogP contribution in [-0.4, -0.2) is 41.7 Å². The molecule has 2 N–H and O–H groups in total. The van der Waals surface area contributed by atoms with Crippen molar-refractivity contribution in [1.29, 1.82) is 0 Å². The van der Waals surface area contributed by atoms with Crippen molar-refractivity contribution < 1.29 is 14.8 Å². The number of aliphatic hydroxyl groups excluding tert-OH is 1. The number of rotatable bonds is 7. The van der Waals surface area contributed by atoms with Gasteiger partial charge in [-0.1, -0.05) is 6.92 Å². The molecule has 1 amide bonds. The van der Waals surface area contributed by atoms with Gasteiger partial charge in [0.05, 0.1) is 22.3 Å². The summed E-state index contributed by atoms with van der Waals surface area (Å²) in [6.45, 7) is 3.92. The number of hydrogen-bond acceptors (Lipinski definition) is 5. The van der Waals surface area contributed by atoms with Crippen LogP contribution >= 0.6 is 0 Å². The van der Waals surface area contributed by atoms with E-state index in [1.165, 1.54) is 12.1 Å². The highest BCUT2D eigenvalue weighted by Crippen LogP contribution is 2.28. The number of nitrogens with zero attached hydrogens (tertiary/aromatic N) is 2. The van der Waals surface area contributed by atoms with Crippen LogP contribution < -0.4 is 10.2 Å². The average molecular weight is 321 g/mol. The first-order chi connectivity index (χ1) is 11.0. The van der Waals surface area contributed by atoms with Crippen LogP contribution in [0.4, 0.5) is 11.4 Å². The molecule has 0 aliphatic carbocycles. The van der Waals surface area contributed by atoms with Crippen molar-refractivity contribution in [3.05, 3.63) is 33.9 Å². The Labute approximate surface area is 135 Å². The lowest BCUT2D eigenvalue weighted by Crippen LogP contribution is -2.29. The highest BCUT2D eigenvalue weighted by Gasteiger charge is 2.22. The third-order valence-electron chi connectivity index (χ3n) is 4.12. The van der Waals surface area contributed by atoms with E-state index in [1.54, 1.807) is 6.07 Å². The first-order valence-electron chi connectivity index (χ1n) is 8.02. The van der Waals surface area contributed by atoms with E-state index in [2.05, 4.69) is 10.2 Å². The molecule has 126 valence electrons. The first kappa shape index (κ1) is 17.2. The first-order valence-corrected chi connectivity index (χ1v) is 8.02. The number of hydrogen-bond donors (Lipinski definition) is 2. The van der Waals surface area contributed by atoms with Gasteiger partial charge in [-0.05, 0) is 31.7 Å². The molecular weight excluding hydrogens is 298 g/mol. The fraction of sp³-hybridized carbons (Fsp3) is 0.562. The van der Waals surface area contributed by atoms with Gasteiger partial charge in [0, 0.05) is 31.8 Å². The summed E-state index contributed by atoms with van der Waals surface area (Å²) in [5.74, 6) is -0.334. The largest absolute Gasteiger partial charge is 0.393 e. The minimum absolute atomic E-state index is 0.0910. The lowest BCUT2D eigenvalue weighted by atomic mass is 10.1. The van der Waals surface area contributed by atoms with Crippen molar-refractivity contribution in [3.8, 4) is 0 Å². The normalized spacial score (nSPS) is 15.5. The number of benzene rings is 1. The highest BCUT2D eigenvalue weighted by molar-refractivity contribution is 6.00. The van der Waals surface area contributed by atoms with Crippen molar-refractivity contribution in [2.45, 2.75) is 38.7 Å². The number of aliphatic hydroxyl groups is 1. The number of nitrogens with one attached hydrogen (secondary N) is 1. The fourth-order valence-corrected chi connectivity index (χ4v) is 2.70. The minimum atomic E-state index is -0.495. The summed E-state index contributed by atoms with van der Waals surface area (Å²) in [4.78, 5) is 25.0. The SMILES string of the molecule is CCC(O)CCNC(=O)c1cc([N+](=O)[O-])ccc1N1CCCC1. The van der Waals surface area contributed by atoms with Gasteiger partial charge in [-0.15, -0.1) is 0 Å². The van der Waals surface area contributed by atoms with Gasteiger partial charge in [-0.3, -0.25) is 14.9 Å². The van der Waals surface area contributed by atoms with Gasteiger partial charge in [0.1, 0.15) is 0 Å². The fourth-order valence-electron chi connectivity index (χ4n) is 2.70. The van der Waals surface area contributed by atoms with E-state index in [4.69, 9.17) is 0 Å². The van der Waals surface area contributed by atoms with Crippen molar-refractivity contribution in [2.75, 3.05) is 24.5 Å². The molecule has 1 unspecified atom stereocenters. The molecule has 1 saturated heterocycles. The van der Waals surface area contributed by atoms with Crippen LogP contribution in [0.25, 0.3) is 0 Å². The summed E-state index contributed by atoms with van der Waals surface area (Å²) in [7, 11) is 0. The molecule has 0 aromatic heterocycles. The zero-order valence-corrected chi connectivity index (χ0v) is 13.3. The van der Waals surface area contributed by atoms with Crippen LogP contribution in [-0.2, 0) is 0 Å². The molecule has 7 nitrogen and oxygen atoms in total. The second-order valence-electron chi connectivity index (χ2n) is 5.76. The quantitative estimate of drug-likeness (QED) is 0.592. The van der Waals surface area contributed by atoms with Gasteiger partial charge in [0.2, 0.25) is 0 Å². The Balaban J connectivity index is 2.17. The van der Waals surface area contributed by atoms with Gasteiger partial charge >= 0.3 is 0 Å². The Morgan fingerprint density at radius 1 is 1.43 bits per heavy atom. The summed E-state index contributed by atoms with van der Waals surface area (Å²) in [5, 5.41) is 23.3. The van der Waals surface area contributed by atoms with Gasteiger partial charge in [-0.25, -0.2) is 0 Å². The molecule has 1 heterocycles. The number of carbonyl (C=O) groups excluding carboxylic acids is 1. The maximum Gasteiger partial charge on any atom is 0.270 e. The van der Waals surface area contributed by atoms with Gasteiger partial charge < -0.3 is 15.3 Å². The monoisotopic (exact) mass is 321 g/mol. The third-order valence-corrected chi connectivity index (χ3v) is 4.12. The molecule has 0 spiro atoms. The minimum Gasteiger partial charge on any atom is -0.393 e. The average Bonchev–Trinajstić information content (AvgIpc) is 3.08. The molecule has 1 fully saturated rings. The maximum atomic E-state index is 12.4. The summed E-state index contributed by atoms with van der Waals surface area (Å²) in [6.07, 6.45) is 2.77. The molecule has 0 bridgehead atoms. The zero-order chi connectivity index (χ0) is 16.8. The molecule has 2 rings (SSSR count). The molecule has 1 atom stereocenters.